The van der Waals surface area contributed by atoms with Crippen molar-refractivity contribution in [2.24, 2.45) is 5.92 Å². The molecular weight excluding hydrogens is 316 g/mol. The van der Waals surface area contributed by atoms with Crippen LogP contribution in [-0.4, -0.2) is 23.0 Å². The van der Waals surface area contributed by atoms with Crippen molar-refractivity contribution in [2.75, 3.05) is 23.4 Å². The number of hydrogen-bond donors (Lipinski definition) is 1. The van der Waals surface area contributed by atoms with Crippen LogP contribution in [0.5, 0.6) is 0 Å². The van der Waals surface area contributed by atoms with Crippen LogP contribution in [0.25, 0.3) is 10.2 Å². The summed E-state index contributed by atoms with van der Waals surface area (Å²) in [4.78, 5) is 4.61. The van der Waals surface area contributed by atoms with Gasteiger partial charge < -0.3 is 5.32 Å². The first-order valence-electron chi connectivity index (χ1n) is 5.69. The quantitative estimate of drug-likeness (QED) is 0.912. The summed E-state index contributed by atoms with van der Waals surface area (Å²) in [6.07, 6.45) is 1.34. The Morgan fingerprint density at radius 3 is 3.24 bits per heavy atom. The van der Waals surface area contributed by atoms with Gasteiger partial charge in [-0.3, -0.25) is 0 Å². The van der Waals surface area contributed by atoms with Crippen LogP contribution in [-0.2, 0) is 0 Å². The van der Waals surface area contributed by atoms with E-state index in [2.05, 4.69) is 56.2 Å². The number of anilines is 1. The van der Waals surface area contributed by atoms with E-state index < -0.39 is 0 Å². The van der Waals surface area contributed by atoms with Crippen molar-refractivity contribution in [3.63, 3.8) is 0 Å². The van der Waals surface area contributed by atoms with Crippen LogP contribution in [0, 0.1) is 5.92 Å². The maximum absolute atomic E-state index is 4.61. The summed E-state index contributed by atoms with van der Waals surface area (Å²) < 4.78 is 2.34. The summed E-state index contributed by atoms with van der Waals surface area (Å²) in [6, 6.07) is 6.26. The molecule has 1 aliphatic heterocycles. The average Bonchev–Trinajstić information content (AvgIpc) is 2.94. The van der Waals surface area contributed by atoms with Gasteiger partial charge in [-0.15, -0.1) is 0 Å². The van der Waals surface area contributed by atoms with E-state index in [1.165, 1.54) is 22.6 Å². The molecule has 0 radical (unpaired) electrons. The van der Waals surface area contributed by atoms with Crippen molar-refractivity contribution >= 4 is 54.4 Å². The van der Waals surface area contributed by atoms with E-state index in [-0.39, 0.29) is 0 Å². The minimum absolute atomic E-state index is 0.818. The summed E-state index contributed by atoms with van der Waals surface area (Å²) in [7, 11) is 0. The zero-order valence-electron chi connectivity index (χ0n) is 9.28. The molecule has 1 unspecified atom stereocenters. The molecule has 2 aromatic rings. The van der Waals surface area contributed by atoms with Gasteiger partial charge in [-0.1, -0.05) is 27.3 Å². The molecule has 0 bridgehead atoms. The third kappa shape index (κ3) is 2.77. The molecule has 1 N–H and O–H groups in total. The SMILES string of the molecule is Brc1ccc2sc(NCC3CCSC3)nc2c1. The molecule has 0 spiro atoms. The predicted octanol–water partition coefficient (Wildman–Crippen LogP) is 4.22. The number of aromatic nitrogens is 1. The first kappa shape index (κ1) is 11.8. The van der Waals surface area contributed by atoms with E-state index in [0.29, 0.717) is 0 Å². The number of benzene rings is 1. The highest BCUT2D eigenvalue weighted by molar-refractivity contribution is 9.10. The number of thioether (sulfide) groups is 1. The minimum atomic E-state index is 0.818. The lowest BCUT2D eigenvalue weighted by molar-refractivity contribution is 0.631. The van der Waals surface area contributed by atoms with Crippen LogP contribution in [0.1, 0.15) is 6.42 Å². The Balaban J connectivity index is 1.72. The molecule has 2 heterocycles. The van der Waals surface area contributed by atoms with Gasteiger partial charge in [-0.25, -0.2) is 4.98 Å². The van der Waals surface area contributed by atoms with Crippen LogP contribution >= 0.6 is 39.0 Å². The molecule has 5 heteroatoms. The van der Waals surface area contributed by atoms with Crippen molar-refractivity contribution in [1.82, 2.24) is 4.98 Å². The highest BCUT2D eigenvalue weighted by Crippen LogP contribution is 2.29. The molecule has 1 aromatic carbocycles. The molecule has 3 rings (SSSR count). The Labute approximate surface area is 117 Å². The number of rotatable bonds is 3. The van der Waals surface area contributed by atoms with Gasteiger partial charge in [-0.05, 0) is 42.0 Å². The van der Waals surface area contributed by atoms with E-state index in [4.69, 9.17) is 0 Å². The third-order valence-corrected chi connectivity index (χ3v) is 5.63. The van der Waals surface area contributed by atoms with E-state index in [9.17, 15) is 0 Å². The third-order valence-electron chi connectivity index (χ3n) is 2.92. The molecule has 17 heavy (non-hydrogen) atoms. The van der Waals surface area contributed by atoms with E-state index >= 15 is 0 Å². The molecule has 90 valence electrons. The monoisotopic (exact) mass is 328 g/mol. The molecular formula is C12H13BrN2S2. The minimum Gasteiger partial charge on any atom is -0.361 e. The van der Waals surface area contributed by atoms with Gasteiger partial charge >= 0.3 is 0 Å². The average molecular weight is 329 g/mol. The fourth-order valence-electron chi connectivity index (χ4n) is 1.95. The fraction of sp³-hybridized carbons (Fsp3) is 0.417. The molecule has 1 atom stereocenters. The maximum Gasteiger partial charge on any atom is 0.183 e. The Hall–Kier alpha value is -0.260. The molecule has 2 nitrogen and oxygen atoms in total. The van der Waals surface area contributed by atoms with Gasteiger partial charge in [0.1, 0.15) is 0 Å². The summed E-state index contributed by atoms with van der Waals surface area (Å²) in [5.41, 5.74) is 1.08. The lowest BCUT2D eigenvalue weighted by Crippen LogP contribution is -2.13. The molecule has 1 fully saturated rings. The first-order valence-corrected chi connectivity index (χ1v) is 8.45. The normalized spacial score (nSPS) is 19.9. The zero-order valence-corrected chi connectivity index (χ0v) is 12.5. The Morgan fingerprint density at radius 2 is 2.41 bits per heavy atom. The van der Waals surface area contributed by atoms with Crippen LogP contribution in [0.3, 0.4) is 0 Å². The van der Waals surface area contributed by atoms with Crippen molar-refractivity contribution in [2.45, 2.75) is 6.42 Å². The highest BCUT2D eigenvalue weighted by Gasteiger charge is 2.15. The topological polar surface area (TPSA) is 24.9 Å². The number of thiazole rings is 1. The van der Waals surface area contributed by atoms with Crippen LogP contribution in [0.15, 0.2) is 22.7 Å². The number of fused-ring (bicyclic) bond motifs is 1. The van der Waals surface area contributed by atoms with Gasteiger partial charge in [0.05, 0.1) is 10.2 Å². The van der Waals surface area contributed by atoms with E-state index in [1.807, 2.05) is 0 Å². The Kier molecular flexibility index (Phi) is 3.59. The van der Waals surface area contributed by atoms with E-state index in [1.54, 1.807) is 11.3 Å². The van der Waals surface area contributed by atoms with Crippen molar-refractivity contribution in [1.29, 1.82) is 0 Å². The summed E-state index contributed by atoms with van der Waals surface area (Å²) in [5.74, 6) is 3.43. The summed E-state index contributed by atoms with van der Waals surface area (Å²) in [5, 5.41) is 4.53. The van der Waals surface area contributed by atoms with Gasteiger partial charge in [0.2, 0.25) is 0 Å². The summed E-state index contributed by atoms with van der Waals surface area (Å²) in [6.45, 7) is 1.06. The van der Waals surface area contributed by atoms with Crippen LogP contribution < -0.4 is 5.32 Å². The first-order chi connectivity index (χ1) is 8.31. The molecule has 0 amide bonds. The number of nitrogens with zero attached hydrogens (tertiary/aromatic N) is 1. The van der Waals surface area contributed by atoms with Gasteiger partial charge in [0, 0.05) is 11.0 Å². The zero-order chi connectivity index (χ0) is 11.7. The van der Waals surface area contributed by atoms with Gasteiger partial charge in [0.15, 0.2) is 5.13 Å². The van der Waals surface area contributed by atoms with Crippen LogP contribution in [0.2, 0.25) is 0 Å². The molecule has 0 saturated carbocycles. The fourth-order valence-corrected chi connectivity index (χ4v) is 4.44. The number of halogens is 1. The Morgan fingerprint density at radius 1 is 1.47 bits per heavy atom. The maximum atomic E-state index is 4.61. The van der Waals surface area contributed by atoms with Gasteiger partial charge in [0.25, 0.3) is 0 Å². The molecule has 1 aromatic heterocycles. The predicted molar refractivity (Wildman–Crippen MR) is 81.2 cm³/mol. The van der Waals surface area contributed by atoms with Crippen molar-refractivity contribution in [3.8, 4) is 0 Å². The number of hydrogen-bond acceptors (Lipinski definition) is 4. The standard InChI is InChI=1S/C12H13BrN2S2/c13-9-1-2-11-10(5-9)15-12(17-11)14-6-8-3-4-16-7-8/h1-2,5,8H,3-4,6-7H2,(H,14,15). The van der Waals surface area contributed by atoms with Gasteiger partial charge in [-0.2, -0.15) is 11.8 Å². The largest absolute Gasteiger partial charge is 0.361 e. The smallest absolute Gasteiger partial charge is 0.183 e. The second kappa shape index (κ2) is 5.16. The lowest BCUT2D eigenvalue weighted by atomic mass is 10.1. The molecule has 1 saturated heterocycles. The van der Waals surface area contributed by atoms with Crippen molar-refractivity contribution < 1.29 is 0 Å². The lowest BCUT2D eigenvalue weighted by Gasteiger charge is -2.07. The highest BCUT2D eigenvalue weighted by atomic mass is 79.9. The molecule has 0 aliphatic carbocycles. The molecule has 1 aliphatic rings. The van der Waals surface area contributed by atoms with Crippen molar-refractivity contribution in [3.05, 3.63) is 22.7 Å². The number of nitrogens with one attached hydrogen (secondary N) is 1. The summed E-state index contributed by atoms with van der Waals surface area (Å²) >= 11 is 7.28. The second-order valence-corrected chi connectivity index (χ2v) is 7.34. The Bertz CT molecular complexity index is 520. The second-order valence-electron chi connectivity index (χ2n) is 4.24. The van der Waals surface area contributed by atoms with Crippen LogP contribution in [0.4, 0.5) is 5.13 Å². The van der Waals surface area contributed by atoms with E-state index in [0.717, 1.165) is 27.6 Å².